The molecular weight excluding hydrogens is 378 g/mol. The number of amides is 1. The average Bonchev–Trinajstić information content (AvgIpc) is 3.09. The van der Waals surface area contributed by atoms with Crippen molar-refractivity contribution >= 4 is 28.3 Å². The second-order valence-corrected chi connectivity index (χ2v) is 8.01. The monoisotopic (exact) mass is 405 g/mol. The van der Waals surface area contributed by atoms with Crippen molar-refractivity contribution in [2.75, 3.05) is 39.9 Å². The molecule has 9 heteroatoms. The fourth-order valence-corrected chi connectivity index (χ4v) is 4.48. The number of nitrogens with zero attached hydrogens (tertiary/aromatic N) is 1. The number of carbonyl (C=O) groups excluding carboxylic acids is 1. The number of carbonyl (C=O) groups is 1. The van der Waals surface area contributed by atoms with E-state index in [9.17, 15) is 13.2 Å². The minimum Gasteiger partial charge on any atom is -0.383 e. The van der Waals surface area contributed by atoms with E-state index in [0.29, 0.717) is 45.6 Å². The summed E-state index contributed by atoms with van der Waals surface area (Å²) >= 11 is 0. The smallest absolute Gasteiger partial charge is 0.243 e. The number of nitrogens with one attached hydrogen (secondary N) is 2. The third-order valence-corrected chi connectivity index (χ3v) is 6.14. The van der Waals surface area contributed by atoms with Crippen molar-refractivity contribution in [2.24, 2.45) is 0 Å². The van der Waals surface area contributed by atoms with Crippen molar-refractivity contribution in [3.63, 3.8) is 0 Å². The molecule has 2 rings (SSSR count). The van der Waals surface area contributed by atoms with Gasteiger partial charge in [0.2, 0.25) is 15.9 Å². The SMILES string of the molecule is COCCNCCNC(=O)C1CCCN1S(=O)(=O)c1ccc(C)cc1.Cl. The van der Waals surface area contributed by atoms with Crippen LogP contribution in [0.5, 0.6) is 0 Å². The second kappa shape index (κ2) is 10.8. The Morgan fingerprint density at radius 2 is 1.92 bits per heavy atom. The van der Waals surface area contributed by atoms with Gasteiger partial charge in [-0.25, -0.2) is 8.42 Å². The first-order valence-corrected chi connectivity index (χ1v) is 9.96. The molecule has 1 amide bonds. The molecule has 1 aromatic carbocycles. The van der Waals surface area contributed by atoms with Crippen LogP contribution in [0.1, 0.15) is 18.4 Å². The molecule has 0 saturated carbocycles. The van der Waals surface area contributed by atoms with Crippen LogP contribution in [0.2, 0.25) is 0 Å². The maximum absolute atomic E-state index is 12.8. The summed E-state index contributed by atoms with van der Waals surface area (Å²) in [7, 11) is -2.02. The Bertz CT molecular complexity index is 667. The number of benzene rings is 1. The van der Waals surface area contributed by atoms with Crippen molar-refractivity contribution in [1.82, 2.24) is 14.9 Å². The Kier molecular flexibility index (Phi) is 9.52. The van der Waals surface area contributed by atoms with E-state index in [-0.39, 0.29) is 23.2 Å². The van der Waals surface area contributed by atoms with Gasteiger partial charge >= 0.3 is 0 Å². The summed E-state index contributed by atoms with van der Waals surface area (Å²) in [6, 6.07) is 6.09. The average molecular weight is 406 g/mol. The molecule has 1 fully saturated rings. The molecule has 2 N–H and O–H groups in total. The maximum atomic E-state index is 12.8. The van der Waals surface area contributed by atoms with Crippen LogP contribution >= 0.6 is 12.4 Å². The Labute approximate surface area is 161 Å². The summed E-state index contributed by atoms with van der Waals surface area (Å²) in [4.78, 5) is 12.6. The highest BCUT2D eigenvalue weighted by Gasteiger charge is 2.39. The normalized spacial score (nSPS) is 17.7. The third kappa shape index (κ3) is 5.92. The first kappa shape index (κ1) is 22.9. The lowest BCUT2D eigenvalue weighted by Crippen LogP contribution is -2.47. The fourth-order valence-electron chi connectivity index (χ4n) is 2.83. The first-order chi connectivity index (χ1) is 12.0. The van der Waals surface area contributed by atoms with Crippen LogP contribution < -0.4 is 10.6 Å². The van der Waals surface area contributed by atoms with Crippen LogP contribution in [0.25, 0.3) is 0 Å². The predicted octanol–water partition coefficient (Wildman–Crippen LogP) is 0.922. The van der Waals surface area contributed by atoms with Gasteiger partial charge in [0, 0.05) is 33.3 Å². The van der Waals surface area contributed by atoms with Gasteiger partial charge in [-0.15, -0.1) is 12.4 Å². The minimum atomic E-state index is -3.65. The van der Waals surface area contributed by atoms with E-state index < -0.39 is 16.1 Å². The molecule has 1 aromatic rings. The topological polar surface area (TPSA) is 87.7 Å². The quantitative estimate of drug-likeness (QED) is 0.596. The highest BCUT2D eigenvalue weighted by molar-refractivity contribution is 7.89. The molecule has 148 valence electrons. The van der Waals surface area contributed by atoms with Crippen molar-refractivity contribution < 1.29 is 17.9 Å². The molecule has 1 atom stereocenters. The molecule has 0 aliphatic carbocycles. The standard InChI is InChI=1S/C17H27N3O4S.ClH/c1-14-5-7-15(8-6-14)25(22,23)20-12-3-4-16(20)17(21)19-10-9-18-11-13-24-2;/h5-8,16,18H,3-4,9-13H2,1-2H3,(H,19,21);1H. The van der Waals surface area contributed by atoms with Gasteiger partial charge in [-0.3, -0.25) is 4.79 Å². The van der Waals surface area contributed by atoms with Crippen LogP contribution in [0.3, 0.4) is 0 Å². The van der Waals surface area contributed by atoms with Crippen LogP contribution in [-0.2, 0) is 19.6 Å². The van der Waals surface area contributed by atoms with Crippen molar-refractivity contribution in [3.05, 3.63) is 29.8 Å². The van der Waals surface area contributed by atoms with E-state index in [1.54, 1.807) is 31.4 Å². The molecule has 0 aromatic heterocycles. The largest absolute Gasteiger partial charge is 0.383 e. The van der Waals surface area contributed by atoms with Gasteiger partial charge in [-0.2, -0.15) is 4.31 Å². The number of aryl methyl sites for hydroxylation is 1. The van der Waals surface area contributed by atoms with Crippen molar-refractivity contribution in [1.29, 1.82) is 0 Å². The van der Waals surface area contributed by atoms with Gasteiger partial charge in [0.25, 0.3) is 0 Å². The third-order valence-electron chi connectivity index (χ3n) is 4.22. The van der Waals surface area contributed by atoms with Crippen LogP contribution in [0.15, 0.2) is 29.2 Å². The first-order valence-electron chi connectivity index (χ1n) is 8.52. The zero-order valence-corrected chi connectivity index (χ0v) is 16.9. The zero-order valence-electron chi connectivity index (χ0n) is 15.2. The second-order valence-electron chi connectivity index (χ2n) is 6.12. The Morgan fingerprint density at radius 1 is 1.23 bits per heavy atom. The molecule has 1 aliphatic heterocycles. The summed E-state index contributed by atoms with van der Waals surface area (Å²) < 4.78 is 31.9. The van der Waals surface area contributed by atoms with Crippen LogP contribution in [0, 0.1) is 6.92 Å². The molecule has 7 nitrogen and oxygen atoms in total. The zero-order chi connectivity index (χ0) is 18.3. The summed E-state index contributed by atoms with van der Waals surface area (Å²) in [5, 5.41) is 5.95. The Morgan fingerprint density at radius 3 is 2.58 bits per heavy atom. The van der Waals surface area contributed by atoms with Crippen LogP contribution in [-0.4, -0.2) is 64.6 Å². The van der Waals surface area contributed by atoms with Gasteiger partial charge in [0.05, 0.1) is 11.5 Å². The lowest BCUT2D eigenvalue weighted by molar-refractivity contribution is -0.124. The van der Waals surface area contributed by atoms with E-state index in [4.69, 9.17) is 4.74 Å². The van der Waals surface area contributed by atoms with E-state index in [0.717, 1.165) is 5.56 Å². The lowest BCUT2D eigenvalue weighted by Gasteiger charge is -2.23. The number of methoxy groups -OCH3 is 1. The fraction of sp³-hybridized carbons (Fsp3) is 0.588. The number of rotatable bonds is 9. The van der Waals surface area contributed by atoms with E-state index in [1.165, 1.54) is 4.31 Å². The number of hydrogen-bond donors (Lipinski definition) is 2. The van der Waals surface area contributed by atoms with Gasteiger partial charge in [-0.1, -0.05) is 17.7 Å². The molecule has 0 bridgehead atoms. The highest BCUT2D eigenvalue weighted by atomic mass is 35.5. The van der Waals surface area contributed by atoms with Gasteiger partial charge in [0.15, 0.2) is 0 Å². The van der Waals surface area contributed by atoms with Gasteiger partial charge in [0.1, 0.15) is 6.04 Å². The van der Waals surface area contributed by atoms with Crippen molar-refractivity contribution in [2.45, 2.75) is 30.7 Å². The molecule has 0 radical (unpaired) electrons. The number of halogens is 1. The molecule has 1 aliphatic rings. The van der Waals surface area contributed by atoms with Crippen molar-refractivity contribution in [3.8, 4) is 0 Å². The molecule has 1 unspecified atom stereocenters. The van der Waals surface area contributed by atoms with Gasteiger partial charge in [-0.05, 0) is 31.9 Å². The number of ether oxygens (including phenoxy) is 1. The molecule has 1 heterocycles. The summed E-state index contributed by atoms with van der Waals surface area (Å²) in [6.07, 6.45) is 1.24. The minimum absolute atomic E-state index is 0. The maximum Gasteiger partial charge on any atom is 0.243 e. The number of hydrogen-bond acceptors (Lipinski definition) is 5. The Hall–Kier alpha value is -1.19. The lowest BCUT2D eigenvalue weighted by atomic mass is 10.2. The van der Waals surface area contributed by atoms with Gasteiger partial charge < -0.3 is 15.4 Å². The summed E-state index contributed by atoms with van der Waals surface area (Å²) in [5.41, 5.74) is 0.996. The van der Waals surface area contributed by atoms with Crippen LogP contribution in [0.4, 0.5) is 0 Å². The Balaban J connectivity index is 0.00000338. The molecular formula is C17H28ClN3O4S. The summed E-state index contributed by atoms with van der Waals surface area (Å²) in [6.45, 7) is 4.68. The molecule has 1 saturated heterocycles. The van der Waals surface area contributed by atoms with E-state index in [1.807, 2.05) is 6.92 Å². The van der Waals surface area contributed by atoms with E-state index >= 15 is 0 Å². The predicted molar refractivity (Wildman–Crippen MR) is 103 cm³/mol. The van der Waals surface area contributed by atoms with E-state index in [2.05, 4.69) is 10.6 Å². The molecule has 26 heavy (non-hydrogen) atoms. The number of sulfonamides is 1. The summed E-state index contributed by atoms with van der Waals surface area (Å²) in [5.74, 6) is -0.235. The highest BCUT2D eigenvalue weighted by Crippen LogP contribution is 2.26. The molecule has 0 spiro atoms.